The molecule has 2 aromatic rings. The first-order valence-electron chi connectivity index (χ1n) is 6.62. The van der Waals surface area contributed by atoms with E-state index < -0.39 is 10.5 Å². The molecule has 0 bridgehead atoms. The highest BCUT2D eigenvalue weighted by atomic mass is 16.6. The quantitative estimate of drug-likeness (QED) is 0.630. The predicted molar refractivity (Wildman–Crippen MR) is 77.8 cm³/mol. The van der Waals surface area contributed by atoms with Gasteiger partial charge in [-0.1, -0.05) is 12.1 Å². The summed E-state index contributed by atoms with van der Waals surface area (Å²) in [6.45, 7) is 4.32. The molecule has 1 atom stereocenters. The average molecular weight is 290 g/mol. The fraction of sp³-hybridized carbons (Fsp3) is 0.333. The number of furan rings is 1. The highest BCUT2D eigenvalue weighted by molar-refractivity contribution is 5.32. The lowest BCUT2D eigenvalue weighted by molar-refractivity contribution is -0.384. The van der Waals surface area contributed by atoms with Crippen LogP contribution < -0.4 is 5.32 Å². The van der Waals surface area contributed by atoms with Gasteiger partial charge in [0.2, 0.25) is 0 Å². The van der Waals surface area contributed by atoms with E-state index in [1.54, 1.807) is 31.2 Å². The minimum absolute atomic E-state index is 0.0665. The largest absolute Gasteiger partial charge is 0.463 e. The summed E-state index contributed by atoms with van der Waals surface area (Å²) in [5.74, 6) is 1.26. The second-order valence-electron chi connectivity index (χ2n) is 5.21. The van der Waals surface area contributed by atoms with E-state index in [1.807, 2.05) is 6.92 Å². The lowest BCUT2D eigenvalue weighted by Gasteiger charge is -2.21. The molecule has 0 radical (unpaired) electrons. The van der Waals surface area contributed by atoms with Crippen molar-refractivity contribution in [3.8, 4) is 0 Å². The summed E-state index contributed by atoms with van der Waals surface area (Å²) in [6, 6.07) is 9.87. The molecule has 1 aromatic heterocycles. The molecule has 1 aromatic carbocycles. The fourth-order valence-corrected chi connectivity index (χ4v) is 2.00. The zero-order chi connectivity index (χ0) is 15.5. The summed E-state index contributed by atoms with van der Waals surface area (Å²) in [6.07, 6.45) is 0. The van der Waals surface area contributed by atoms with E-state index in [4.69, 9.17) is 4.42 Å². The first-order chi connectivity index (χ1) is 9.88. The van der Waals surface area contributed by atoms with Crippen LogP contribution in [-0.4, -0.2) is 16.6 Å². The number of nitrogens with one attached hydrogen (secondary N) is 1. The van der Waals surface area contributed by atoms with Crippen LogP contribution in [0.15, 0.2) is 40.8 Å². The predicted octanol–water partition coefficient (Wildman–Crippen LogP) is 2.49. The van der Waals surface area contributed by atoms with Crippen molar-refractivity contribution in [3.05, 3.63) is 63.6 Å². The minimum atomic E-state index is -1.10. The van der Waals surface area contributed by atoms with Crippen molar-refractivity contribution < 1.29 is 14.4 Å². The van der Waals surface area contributed by atoms with Gasteiger partial charge < -0.3 is 14.8 Å². The molecule has 0 saturated heterocycles. The zero-order valence-electron chi connectivity index (χ0n) is 12.0. The molecule has 21 heavy (non-hydrogen) atoms. The van der Waals surface area contributed by atoms with E-state index in [9.17, 15) is 15.2 Å². The molecule has 112 valence electrons. The Kier molecular flexibility index (Phi) is 4.40. The van der Waals surface area contributed by atoms with Gasteiger partial charge in [-0.3, -0.25) is 10.1 Å². The van der Waals surface area contributed by atoms with Gasteiger partial charge in [0.05, 0.1) is 4.92 Å². The first-order valence-corrected chi connectivity index (χ1v) is 6.62. The van der Waals surface area contributed by atoms with Gasteiger partial charge >= 0.3 is 0 Å². The maximum atomic E-state index is 10.6. The summed E-state index contributed by atoms with van der Waals surface area (Å²) in [4.78, 5) is 10.1. The van der Waals surface area contributed by atoms with Crippen LogP contribution in [0.3, 0.4) is 0 Å². The highest BCUT2D eigenvalue weighted by Crippen LogP contribution is 2.22. The monoisotopic (exact) mass is 290 g/mol. The summed E-state index contributed by atoms with van der Waals surface area (Å²) in [7, 11) is 0. The van der Waals surface area contributed by atoms with Crippen LogP contribution in [0.2, 0.25) is 0 Å². The maximum Gasteiger partial charge on any atom is 0.269 e. The Morgan fingerprint density at radius 2 is 1.95 bits per heavy atom. The average Bonchev–Trinajstić information content (AvgIpc) is 2.87. The summed E-state index contributed by atoms with van der Waals surface area (Å²) >= 11 is 0. The van der Waals surface area contributed by atoms with Gasteiger partial charge in [0, 0.05) is 25.2 Å². The molecule has 0 saturated carbocycles. The van der Waals surface area contributed by atoms with Gasteiger partial charge in [-0.05, 0) is 31.5 Å². The first kappa shape index (κ1) is 15.2. The number of nitrogens with zero attached hydrogens (tertiary/aromatic N) is 1. The van der Waals surface area contributed by atoms with Gasteiger partial charge in [0.1, 0.15) is 17.1 Å². The molecule has 2 N–H and O–H groups in total. The number of rotatable bonds is 6. The van der Waals surface area contributed by atoms with E-state index in [0.717, 1.165) is 11.3 Å². The molecule has 0 fully saturated rings. The van der Waals surface area contributed by atoms with Gasteiger partial charge in [-0.2, -0.15) is 0 Å². The Hall–Kier alpha value is -2.18. The minimum Gasteiger partial charge on any atom is -0.463 e. The molecular formula is C15H18N2O4. The Labute approximate surface area is 122 Å². The number of non-ortho nitro benzene ring substituents is 1. The lowest BCUT2D eigenvalue weighted by Crippen LogP contribution is -2.34. The number of nitro benzene ring substituents is 1. The smallest absolute Gasteiger partial charge is 0.269 e. The number of aliphatic hydroxyl groups is 1. The third-order valence-corrected chi connectivity index (χ3v) is 3.22. The molecule has 0 aliphatic heterocycles. The standard InChI is InChI=1S/C15H18N2O4/c1-11-3-8-14(21-11)15(2,18)10-16-9-12-4-6-13(7-5-12)17(19)20/h3-8,16,18H,9-10H2,1-2H3. The van der Waals surface area contributed by atoms with Crippen LogP contribution in [-0.2, 0) is 12.1 Å². The molecule has 0 aliphatic rings. The molecule has 0 amide bonds. The van der Waals surface area contributed by atoms with E-state index in [0.29, 0.717) is 18.8 Å². The Bertz CT molecular complexity index is 617. The fourth-order valence-electron chi connectivity index (χ4n) is 2.00. The number of hydrogen-bond acceptors (Lipinski definition) is 5. The van der Waals surface area contributed by atoms with Crippen LogP contribution in [0.25, 0.3) is 0 Å². The molecule has 0 spiro atoms. The molecule has 1 unspecified atom stereocenters. The van der Waals surface area contributed by atoms with Crippen molar-refractivity contribution in [1.82, 2.24) is 5.32 Å². The second kappa shape index (κ2) is 6.07. The normalized spacial score (nSPS) is 13.9. The number of aryl methyl sites for hydroxylation is 1. The number of benzene rings is 1. The van der Waals surface area contributed by atoms with Crippen molar-refractivity contribution in [2.45, 2.75) is 26.0 Å². The van der Waals surface area contributed by atoms with E-state index in [1.165, 1.54) is 12.1 Å². The molecule has 2 rings (SSSR count). The topological polar surface area (TPSA) is 88.5 Å². The van der Waals surface area contributed by atoms with E-state index in [2.05, 4.69) is 5.32 Å². The van der Waals surface area contributed by atoms with Gasteiger partial charge in [0.25, 0.3) is 5.69 Å². The molecule has 6 nitrogen and oxygen atoms in total. The van der Waals surface area contributed by atoms with Crippen LogP contribution in [0.5, 0.6) is 0 Å². The van der Waals surface area contributed by atoms with Crippen LogP contribution in [0.1, 0.15) is 24.0 Å². The maximum absolute atomic E-state index is 10.6. The van der Waals surface area contributed by atoms with E-state index >= 15 is 0 Å². The highest BCUT2D eigenvalue weighted by Gasteiger charge is 2.26. The van der Waals surface area contributed by atoms with Gasteiger partial charge in [-0.25, -0.2) is 0 Å². The molecular weight excluding hydrogens is 272 g/mol. The van der Waals surface area contributed by atoms with Crippen LogP contribution in [0, 0.1) is 17.0 Å². The summed E-state index contributed by atoms with van der Waals surface area (Å²) in [5.41, 5.74) is -0.126. The molecule has 6 heteroatoms. The van der Waals surface area contributed by atoms with Crippen molar-refractivity contribution in [3.63, 3.8) is 0 Å². The summed E-state index contributed by atoms with van der Waals surface area (Å²) in [5, 5.41) is 24.0. The zero-order valence-corrected chi connectivity index (χ0v) is 12.0. The van der Waals surface area contributed by atoms with Crippen molar-refractivity contribution in [1.29, 1.82) is 0 Å². The van der Waals surface area contributed by atoms with Gasteiger partial charge in [0.15, 0.2) is 0 Å². The summed E-state index contributed by atoms with van der Waals surface area (Å²) < 4.78 is 5.43. The third kappa shape index (κ3) is 3.90. The third-order valence-electron chi connectivity index (χ3n) is 3.22. The lowest BCUT2D eigenvalue weighted by atomic mass is 10.0. The van der Waals surface area contributed by atoms with Crippen molar-refractivity contribution in [2.24, 2.45) is 0 Å². The van der Waals surface area contributed by atoms with Crippen LogP contribution >= 0.6 is 0 Å². The van der Waals surface area contributed by atoms with Crippen molar-refractivity contribution in [2.75, 3.05) is 6.54 Å². The second-order valence-corrected chi connectivity index (χ2v) is 5.21. The van der Waals surface area contributed by atoms with Gasteiger partial charge in [-0.15, -0.1) is 0 Å². The van der Waals surface area contributed by atoms with Crippen LogP contribution in [0.4, 0.5) is 5.69 Å². The van der Waals surface area contributed by atoms with E-state index in [-0.39, 0.29) is 5.69 Å². The van der Waals surface area contributed by atoms with Crippen molar-refractivity contribution >= 4 is 5.69 Å². The Morgan fingerprint density at radius 3 is 2.48 bits per heavy atom. The Morgan fingerprint density at radius 1 is 1.29 bits per heavy atom. The SMILES string of the molecule is Cc1ccc(C(C)(O)CNCc2ccc([N+](=O)[O-])cc2)o1. The number of nitro groups is 1. The Balaban J connectivity index is 1.90. The molecule has 1 heterocycles. The molecule has 0 aliphatic carbocycles. The number of hydrogen-bond donors (Lipinski definition) is 2.